The lowest BCUT2D eigenvalue weighted by Crippen LogP contribution is -2.48. The van der Waals surface area contributed by atoms with Gasteiger partial charge in [0.15, 0.2) is 0 Å². The van der Waals surface area contributed by atoms with Gasteiger partial charge >= 0.3 is 0 Å². The van der Waals surface area contributed by atoms with E-state index in [0.29, 0.717) is 18.7 Å². The Kier molecular flexibility index (Phi) is 5.59. The first-order chi connectivity index (χ1) is 14.3. The van der Waals surface area contributed by atoms with Gasteiger partial charge in [-0.2, -0.15) is 5.10 Å². The summed E-state index contributed by atoms with van der Waals surface area (Å²) in [5, 5.41) is 4.59. The molecular formula is C21H25N5O3S. The Hall–Kier alpha value is -2.75. The molecule has 30 heavy (non-hydrogen) atoms. The molecule has 3 aromatic rings. The normalized spacial score (nSPS) is 15.8. The number of sulfonamides is 1. The number of hydrogen-bond donors (Lipinski definition) is 0. The minimum Gasteiger partial charge on any atom is -0.336 e. The fraction of sp³-hybridized carbons (Fsp3) is 0.333. The van der Waals surface area contributed by atoms with Crippen LogP contribution < -0.4 is 0 Å². The summed E-state index contributed by atoms with van der Waals surface area (Å²) < 4.78 is 27.4. The van der Waals surface area contributed by atoms with E-state index in [9.17, 15) is 13.2 Å². The Labute approximate surface area is 176 Å². The van der Waals surface area contributed by atoms with E-state index >= 15 is 0 Å². The topological polar surface area (TPSA) is 78.2 Å². The summed E-state index contributed by atoms with van der Waals surface area (Å²) in [5.74, 6) is -0.0730. The van der Waals surface area contributed by atoms with Gasteiger partial charge in [-0.15, -0.1) is 0 Å². The molecule has 1 amide bonds. The van der Waals surface area contributed by atoms with Crippen molar-refractivity contribution in [3.05, 3.63) is 66.0 Å². The Morgan fingerprint density at radius 2 is 1.73 bits per heavy atom. The number of hydrogen-bond acceptors (Lipinski definition) is 5. The van der Waals surface area contributed by atoms with E-state index in [1.165, 1.54) is 26.2 Å². The highest BCUT2D eigenvalue weighted by Crippen LogP contribution is 2.17. The summed E-state index contributed by atoms with van der Waals surface area (Å²) in [5.41, 5.74) is 2.58. The zero-order valence-corrected chi connectivity index (χ0v) is 17.9. The first-order valence-electron chi connectivity index (χ1n) is 9.82. The van der Waals surface area contributed by atoms with Crippen molar-refractivity contribution in [2.45, 2.75) is 11.4 Å². The summed E-state index contributed by atoms with van der Waals surface area (Å²) in [4.78, 5) is 17.1. The third-order valence-electron chi connectivity index (χ3n) is 5.35. The van der Waals surface area contributed by atoms with Gasteiger partial charge in [-0.05, 0) is 42.5 Å². The molecule has 1 aromatic carbocycles. The van der Waals surface area contributed by atoms with E-state index in [4.69, 9.17) is 0 Å². The maximum absolute atomic E-state index is 12.8. The average molecular weight is 428 g/mol. The van der Waals surface area contributed by atoms with Gasteiger partial charge in [0.05, 0.1) is 16.1 Å². The van der Waals surface area contributed by atoms with Gasteiger partial charge in [0.1, 0.15) is 0 Å². The van der Waals surface area contributed by atoms with Crippen LogP contribution in [0.4, 0.5) is 0 Å². The molecule has 2 aromatic heterocycles. The van der Waals surface area contributed by atoms with Gasteiger partial charge in [0.25, 0.3) is 5.91 Å². The number of amides is 1. The molecule has 4 rings (SSSR count). The fourth-order valence-corrected chi connectivity index (χ4v) is 4.47. The summed E-state index contributed by atoms with van der Waals surface area (Å²) in [7, 11) is -0.524. The molecule has 0 unspecified atom stereocenters. The molecule has 0 spiro atoms. The summed E-state index contributed by atoms with van der Waals surface area (Å²) >= 11 is 0. The second kappa shape index (κ2) is 8.17. The van der Waals surface area contributed by atoms with Crippen LogP contribution in [0.3, 0.4) is 0 Å². The van der Waals surface area contributed by atoms with Crippen molar-refractivity contribution in [2.75, 3.05) is 40.3 Å². The predicted molar refractivity (Wildman–Crippen MR) is 114 cm³/mol. The smallest absolute Gasteiger partial charge is 0.253 e. The first-order valence-corrected chi connectivity index (χ1v) is 11.3. The van der Waals surface area contributed by atoms with E-state index in [2.05, 4.69) is 16.1 Å². The van der Waals surface area contributed by atoms with Gasteiger partial charge in [0, 0.05) is 58.6 Å². The molecule has 1 aliphatic heterocycles. The number of pyridine rings is 1. The summed E-state index contributed by atoms with van der Waals surface area (Å²) in [6, 6.07) is 14.2. The Morgan fingerprint density at radius 3 is 2.37 bits per heavy atom. The van der Waals surface area contributed by atoms with E-state index < -0.39 is 10.0 Å². The fourth-order valence-electron chi connectivity index (χ4n) is 3.57. The van der Waals surface area contributed by atoms with Crippen LogP contribution in [0.25, 0.3) is 5.52 Å². The predicted octanol–water partition coefficient (Wildman–Crippen LogP) is 1.54. The molecule has 1 aliphatic rings. The molecule has 1 saturated heterocycles. The zero-order chi connectivity index (χ0) is 21.3. The van der Waals surface area contributed by atoms with Gasteiger partial charge in [-0.3, -0.25) is 9.69 Å². The maximum Gasteiger partial charge on any atom is 0.253 e. The van der Waals surface area contributed by atoms with Crippen LogP contribution in [-0.2, 0) is 16.6 Å². The van der Waals surface area contributed by atoms with Gasteiger partial charge < -0.3 is 4.90 Å². The lowest BCUT2D eigenvalue weighted by atomic mass is 10.2. The van der Waals surface area contributed by atoms with Crippen molar-refractivity contribution < 1.29 is 13.2 Å². The minimum absolute atomic E-state index is 0.0730. The largest absolute Gasteiger partial charge is 0.336 e. The molecule has 9 heteroatoms. The number of fused-ring (bicyclic) bond motifs is 1. The molecule has 0 bridgehead atoms. The molecule has 8 nitrogen and oxygen atoms in total. The molecule has 158 valence electrons. The van der Waals surface area contributed by atoms with Crippen LogP contribution >= 0.6 is 0 Å². The number of carbonyl (C=O) groups excluding carboxylic acids is 1. The molecule has 0 saturated carbocycles. The monoisotopic (exact) mass is 427 g/mol. The summed E-state index contributed by atoms with van der Waals surface area (Å²) in [6.45, 7) is 3.55. The molecule has 0 aliphatic carbocycles. The quantitative estimate of drug-likeness (QED) is 0.617. The van der Waals surface area contributed by atoms with Gasteiger partial charge in [0.2, 0.25) is 10.0 Å². The molecule has 1 fully saturated rings. The molecule has 0 atom stereocenters. The van der Waals surface area contributed by atoms with E-state index in [1.807, 2.05) is 33.8 Å². The number of piperazine rings is 1. The van der Waals surface area contributed by atoms with Crippen molar-refractivity contribution in [2.24, 2.45) is 0 Å². The molecule has 3 heterocycles. The number of aromatic nitrogens is 2. The van der Waals surface area contributed by atoms with Crippen LogP contribution in [0.5, 0.6) is 0 Å². The Balaban J connectivity index is 1.36. The molecular weight excluding hydrogens is 402 g/mol. The van der Waals surface area contributed by atoms with Gasteiger partial charge in [-0.1, -0.05) is 6.07 Å². The number of carbonyl (C=O) groups is 1. The van der Waals surface area contributed by atoms with Crippen LogP contribution in [0.1, 0.15) is 16.1 Å². The van der Waals surface area contributed by atoms with Crippen molar-refractivity contribution in [3.8, 4) is 0 Å². The van der Waals surface area contributed by atoms with Crippen LogP contribution in [0.15, 0.2) is 59.6 Å². The third-order valence-corrected chi connectivity index (χ3v) is 7.17. The Morgan fingerprint density at radius 1 is 1.03 bits per heavy atom. The Bertz CT molecular complexity index is 1110. The molecule has 0 N–H and O–H groups in total. The lowest BCUT2D eigenvalue weighted by molar-refractivity contribution is 0.0627. The number of rotatable bonds is 5. The van der Waals surface area contributed by atoms with Crippen LogP contribution in [0.2, 0.25) is 0 Å². The third kappa shape index (κ3) is 4.09. The standard InChI is InChI=1S/C21H25N5O3S/c1-23(2)30(28,29)20-8-6-17(7-9-20)21(27)25-13-11-24(12-14-25)16-18-15-19-5-3-4-10-26(19)22-18/h3-10,15H,11-14,16H2,1-2H3. The number of benzene rings is 1. The second-order valence-corrected chi connectivity index (χ2v) is 9.74. The minimum atomic E-state index is -3.50. The van der Waals surface area contributed by atoms with E-state index in [1.54, 1.807) is 12.1 Å². The van der Waals surface area contributed by atoms with Crippen LogP contribution in [-0.4, -0.2) is 78.3 Å². The van der Waals surface area contributed by atoms with Crippen LogP contribution in [0, 0.1) is 0 Å². The lowest BCUT2D eigenvalue weighted by Gasteiger charge is -2.34. The first kappa shape index (κ1) is 20.5. The molecule has 0 radical (unpaired) electrons. The highest BCUT2D eigenvalue weighted by atomic mass is 32.2. The second-order valence-electron chi connectivity index (χ2n) is 7.59. The van der Waals surface area contributed by atoms with Gasteiger partial charge in [-0.25, -0.2) is 17.2 Å². The van der Waals surface area contributed by atoms with Crippen molar-refractivity contribution in [1.82, 2.24) is 23.7 Å². The van der Waals surface area contributed by atoms with Crippen molar-refractivity contribution >= 4 is 21.4 Å². The number of nitrogens with zero attached hydrogens (tertiary/aromatic N) is 5. The van der Waals surface area contributed by atoms with E-state index in [0.717, 1.165) is 35.2 Å². The maximum atomic E-state index is 12.8. The van der Waals surface area contributed by atoms with Crippen molar-refractivity contribution in [1.29, 1.82) is 0 Å². The highest BCUT2D eigenvalue weighted by molar-refractivity contribution is 7.89. The highest BCUT2D eigenvalue weighted by Gasteiger charge is 2.24. The van der Waals surface area contributed by atoms with Crippen molar-refractivity contribution in [3.63, 3.8) is 0 Å². The zero-order valence-electron chi connectivity index (χ0n) is 17.1. The average Bonchev–Trinajstić information content (AvgIpc) is 3.16. The summed E-state index contributed by atoms with van der Waals surface area (Å²) in [6.07, 6.45) is 1.94. The van der Waals surface area contributed by atoms with E-state index in [-0.39, 0.29) is 10.8 Å². The SMILES string of the molecule is CN(C)S(=O)(=O)c1ccc(C(=O)N2CCN(Cc3cc4ccccn4n3)CC2)cc1.